The standard InChI is InChI=1S/C20H23N3O5S.ClH/c1-16-2-8-19(9-3-16)29(27,28)22-14-12-21(13-15-22)11-10-20(24)17-4-6-18(7-5-17)23(25)26;/h2-9H,10-15H2,1H3;1H. The number of piperazine rings is 1. The molecule has 1 heterocycles. The fraction of sp³-hybridized carbons (Fsp3) is 0.350. The minimum atomic E-state index is -3.50. The molecule has 3 rings (SSSR count). The Morgan fingerprint density at radius 3 is 2.10 bits per heavy atom. The van der Waals surface area contributed by atoms with Gasteiger partial charge in [0.1, 0.15) is 0 Å². The molecule has 0 spiro atoms. The zero-order chi connectivity index (χ0) is 21.0. The van der Waals surface area contributed by atoms with E-state index in [2.05, 4.69) is 4.90 Å². The first-order valence-electron chi connectivity index (χ1n) is 9.34. The van der Waals surface area contributed by atoms with Crippen LogP contribution >= 0.6 is 12.4 Å². The summed E-state index contributed by atoms with van der Waals surface area (Å²) in [6, 6.07) is 12.4. The van der Waals surface area contributed by atoms with Crippen molar-refractivity contribution >= 4 is 33.9 Å². The van der Waals surface area contributed by atoms with Crippen LogP contribution in [0.15, 0.2) is 53.4 Å². The summed E-state index contributed by atoms with van der Waals surface area (Å²) in [4.78, 5) is 24.8. The first-order valence-corrected chi connectivity index (χ1v) is 10.8. The summed E-state index contributed by atoms with van der Waals surface area (Å²) in [5.41, 5.74) is 1.40. The van der Waals surface area contributed by atoms with Crippen molar-refractivity contribution in [3.05, 3.63) is 69.8 Å². The van der Waals surface area contributed by atoms with Crippen molar-refractivity contribution in [2.45, 2.75) is 18.2 Å². The fourth-order valence-electron chi connectivity index (χ4n) is 3.23. The molecule has 8 nitrogen and oxygen atoms in total. The minimum Gasteiger partial charge on any atom is -0.300 e. The van der Waals surface area contributed by atoms with Crippen LogP contribution in [0.3, 0.4) is 0 Å². The average molecular weight is 454 g/mol. The van der Waals surface area contributed by atoms with Crippen molar-refractivity contribution in [2.24, 2.45) is 0 Å². The lowest BCUT2D eigenvalue weighted by Crippen LogP contribution is -2.48. The van der Waals surface area contributed by atoms with Gasteiger partial charge < -0.3 is 4.90 Å². The highest BCUT2D eigenvalue weighted by atomic mass is 35.5. The van der Waals surface area contributed by atoms with Gasteiger partial charge in [0.15, 0.2) is 5.78 Å². The molecule has 1 fully saturated rings. The van der Waals surface area contributed by atoms with E-state index in [0.29, 0.717) is 43.2 Å². The molecule has 1 aliphatic rings. The predicted molar refractivity (Wildman–Crippen MR) is 116 cm³/mol. The highest BCUT2D eigenvalue weighted by molar-refractivity contribution is 7.89. The number of hydrogen-bond donors (Lipinski definition) is 0. The molecule has 1 aliphatic heterocycles. The molecule has 1 saturated heterocycles. The van der Waals surface area contributed by atoms with Gasteiger partial charge in [0.25, 0.3) is 5.69 Å². The van der Waals surface area contributed by atoms with Crippen molar-refractivity contribution in [1.82, 2.24) is 9.21 Å². The van der Waals surface area contributed by atoms with Gasteiger partial charge in [-0.15, -0.1) is 12.4 Å². The summed E-state index contributed by atoms with van der Waals surface area (Å²) in [6.07, 6.45) is 0.280. The summed E-state index contributed by atoms with van der Waals surface area (Å²) >= 11 is 0. The number of non-ortho nitro benzene ring substituents is 1. The van der Waals surface area contributed by atoms with Gasteiger partial charge in [-0.25, -0.2) is 8.42 Å². The van der Waals surface area contributed by atoms with E-state index < -0.39 is 14.9 Å². The topological polar surface area (TPSA) is 101 Å². The number of aryl methyl sites for hydroxylation is 1. The SMILES string of the molecule is Cc1ccc(S(=O)(=O)N2CCN(CCC(=O)c3ccc([N+](=O)[O-])cc3)CC2)cc1.Cl. The smallest absolute Gasteiger partial charge is 0.269 e. The Bertz CT molecular complexity index is 986. The second-order valence-corrected chi connectivity index (χ2v) is 8.97. The Labute approximate surface area is 182 Å². The predicted octanol–water partition coefficient (Wildman–Crippen LogP) is 2.90. The van der Waals surface area contributed by atoms with Crippen molar-refractivity contribution in [3.8, 4) is 0 Å². The van der Waals surface area contributed by atoms with E-state index in [1.165, 1.54) is 28.6 Å². The van der Waals surface area contributed by atoms with Gasteiger partial charge in [-0.3, -0.25) is 14.9 Å². The van der Waals surface area contributed by atoms with E-state index in [9.17, 15) is 23.3 Å². The number of nitro benzene ring substituents is 1. The molecule has 162 valence electrons. The van der Waals surface area contributed by atoms with E-state index in [1.807, 2.05) is 6.92 Å². The zero-order valence-corrected chi connectivity index (χ0v) is 18.2. The summed E-state index contributed by atoms with van der Waals surface area (Å²) < 4.78 is 27.0. The molecule has 0 saturated carbocycles. The molecule has 0 aromatic heterocycles. The van der Waals surface area contributed by atoms with Gasteiger partial charge in [-0.2, -0.15) is 4.31 Å². The van der Waals surface area contributed by atoms with Gasteiger partial charge in [0, 0.05) is 56.8 Å². The molecule has 30 heavy (non-hydrogen) atoms. The normalized spacial score (nSPS) is 15.4. The Hall–Kier alpha value is -2.33. The summed E-state index contributed by atoms with van der Waals surface area (Å²) in [6.45, 7) is 4.29. The number of nitro groups is 1. The molecule has 0 atom stereocenters. The number of nitrogens with zero attached hydrogens (tertiary/aromatic N) is 3. The fourth-order valence-corrected chi connectivity index (χ4v) is 4.65. The summed E-state index contributed by atoms with van der Waals surface area (Å²) in [5.74, 6) is -0.0883. The van der Waals surface area contributed by atoms with E-state index in [0.717, 1.165) is 5.56 Å². The van der Waals surface area contributed by atoms with Crippen LogP contribution in [0.5, 0.6) is 0 Å². The van der Waals surface area contributed by atoms with E-state index in [4.69, 9.17) is 0 Å². The second-order valence-electron chi connectivity index (χ2n) is 7.04. The molecular formula is C20H24ClN3O5S. The Morgan fingerprint density at radius 2 is 1.57 bits per heavy atom. The van der Waals surface area contributed by atoms with Crippen LogP contribution < -0.4 is 0 Å². The highest BCUT2D eigenvalue weighted by Gasteiger charge is 2.28. The number of sulfonamides is 1. The number of ketones is 1. The molecule has 0 N–H and O–H groups in total. The molecule has 2 aromatic carbocycles. The van der Waals surface area contributed by atoms with Crippen LogP contribution in [-0.2, 0) is 10.0 Å². The first-order chi connectivity index (χ1) is 13.8. The molecule has 10 heteroatoms. The molecule has 0 unspecified atom stereocenters. The molecule has 0 amide bonds. The van der Waals surface area contributed by atoms with E-state index in [1.54, 1.807) is 24.3 Å². The number of benzene rings is 2. The zero-order valence-electron chi connectivity index (χ0n) is 16.6. The Balaban J connectivity index is 0.00000320. The maximum atomic E-state index is 12.7. The van der Waals surface area contributed by atoms with E-state index in [-0.39, 0.29) is 30.3 Å². The van der Waals surface area contributed by atoms with Crippen LogP contribution in [0.2, 0.25) is 0 Å². The lowest BCUT2D eigenvalue weighted by atomic mass is 10.1. The number of hydrogen-bond acceptors (Lipinski definition) is 6. The molecule has 0 aliphatic carbocycles. The monoisotopic (exact) mass is 453 g/mol. The van der Waals surface area contributed by atoms with Crippen molar-refractivity contribution < 1.29 is 18.1 Å². The lowest BCUT2D eigenvalue weighted by molar-refractivity contribution is -0.384. The molecule has 0 radical (unpaired) electrons. The lowest BCUT2D eigenvalue weighted by Gasteiger charge is -2.33. The Morgan fingerprint density at radius 1 is 1.00 bits per heavy atom. The maximum Gasteiger partial charge on any atom is 0.269 e. The van der Waals surface area contributed by atoms with Gasteiger partial charge in [0.2, 0.25) is 10.0 Å². The van der Waals surface area contributed by atoms with Gasteiger partial charge in [-0.05, 0) is 31.2 Å². The molecular weight excluding hydrogens is 430 g/mol. The van der Waals surface area contributed by atoms with Crippen LogP contribution in [0, 0.1) is 17.0 Å². The largest absolute Gasteiger partial charge is 0.300 e. The minimum absolute atomic E-state index is 0. The third-order valence-corrected chi connectivity index (χ3v) is 6.96. The van der Waals surface area contributed by atoms with Crippen LogP contribution in [-0.4, -0.2) is 61.1 Å². The molecule has 0 bridgehead atoms. The third-order valence-electron chi connectivity index (χ3n) is 5.05. The number of Topliss-reactive ketones (excluding diaryl/α,β-unsaturated/α-hetero) is 1. The van der Waals surface area contributed by atoms with Crippen LogP contribution in [0.1, 0.15) is 22.3 Å². The summed E-state index contributed by atoms with van der Waals surface area (Å²) in [7, 11) is -3.50. The van der Waals surface area contributed by atoms with Crippen molar-refractivity contribution in [1.29, 1.82) is 0 Å². The van der Waals surface area contributed by atoms with Crippen LogP contribution in [0.4, 0.5) is 5.69 Å². The number of carbonyl (C=O) groups is 1. The maximum absolute atomic E-state index is 12.7. The van der Waals surface area contributed by atoms with Crippen molar-refractivity contribution in [3.63, 3.8) is 0 Å². The summed E-state index contributed by atoms with van der Waals surface area (Å²) in [5, 5.41) is 10.7. The third kappa shape index (κ3) is 5.63. The van der Waals surface area contributed by atoms with Crippen LogP contribution in [0.25, 0.3) is 0 Å². The number of rotatable bonds is 7. The van der Waals surface area contributed by atoms with Gasteiger partial charge in [-0.1, -0.05) is 17.7 Å². The highest BCUT2D eigenvalue weighted by Crippen LogP contribution is 2.19. The number of carbonyl (C=O) groups excluding carboxylic acids is 1. The molecule has 2 aromatic rings. The first kappa shape index (κ1) is 23.9. The second kappa shape index (κ2) is 10.1. The number of halogens is 1. The average Bonchev–Trinajstić information content (AvgIpc) is 2.72. The van der Waals surface area contributed by atoms with E-state index >= 15 is 0 Å². The van der Waals surface area contributed by atoms with Gasteiger partial charge >= 0.3 is 0 Å². The van der Waals surface area contributed by atoms with Crippen molar-refractivity contribution in [2.75, 3.05) is 32.7 Å². The quantitative estimate of drug-likeness (QED) is 0.363. The Kier molecular flexibility index (Phi) is 8.08. The van der Waals surface area contributed by atoms with Gasteiger partial charge in [0.05, 0.1) is 9.82 Å².